The summed E-state index contributed by atoms with van der Waals surface area (Å²) in [6.45, 7) is 9.65. The fourth-order valence-electron chi connectivity index (χ4n) is 2.39. The molecule has 0 saturated heterocycles. The van der Waals surface area contributed by atoms with E-state index in [1.165, 1.54) is 0 Å². The van der Waals surface area contributed by atoms with E-state index in [4.69, 9.17) is 8.94 Å². The number of nitrogens with one attached hydrogen (secondary N) is 2. The van der Waals surface area contributed by atoms with Gasteiger partial charge in [0.05, 0.1) is 13.1 Å². The zero-order chi connectivity index (χ0) is 20.0. The maximum atomic E-state index is 5.55. The van der Waals surface area contributed by atoms with Gasteiger partial charge in [0.2, 0.25) is 11.8 Å². The van der Waals surface area contributed by atoms with Crippen molar-refractivity contribution >= 4 is 29.9 Å². The van der Waals surface area contributed by atoms with E-state index in [0.29, 0.717) is 36.7 Å². The highest BCUT2D eigenvalue weighted by atomic mass is 127. The summed E-state index contributed by atoms with van der Waals surface area (Å²) in [7, 11) is 0. The molecule has 0 spiro atoms. The monoisotopic (exact) mass is 510 g/mol. The van der Waals surface area contributed by atoms with Gasteiger partial charge in [0, 0.05) is 17.5 Å². The summed E-state index contributed by atoms with van der Waals surface area (Å²) < 4.78 is 10.9. The number of benzene rings is 1. The van der Waals surface area contributed by atoms with Crippen molar-refractivity contribution in [2.75, 3.05) is 6.54 Å². The van der Waals surface area contributed by atoms with Crippen LogP contribution in [0.25, 0.3) is 11.5 Å². The largest absolute Gasteiger partial charge is 0.444 e. The van der Waals surface area contributed by atoms with E-state index in [2.05, 4.69) is 30.8 Å². The Labute approximate surface area is 187 Å². The van der Waals surface area contributed by atoms with Crippen molar-refractivity contribution in [3.63, 3.8) is 0 Å². The van der Waals surface area contributed by atoms with Gasteiger partial charge in [0.15, 0.2) is 11.8 Å². The number of oxazole rings is 1. The molecule has 0 saturated carbocycles. The van der Waals surface area contributed by atoms with Gasteiger partial charge in [-0.2, -0.15) is 4.98 Å². The molecule has 156 valence electrons. The molecule has 2 aromatic heterocycles. The first-order valence-electron chi connectivity index (χ1n) is 9.31. The van der Waals surface area contributed by atoms with Crippen LogP contribution >= 0.6 is 24.0 Å². The maximum absolute atomic E-state index is 5.55. The molecule has 9 heteroatoms. The van der Waals surface area contributed by atoms with Crippen LogP contribution in [0.15, 0.2) is 50.5 Å². The Morgan fingerprint density at radius 1 is 1.10 bits per heavy atom. The predicted molar refractivity (Wildman–Crippen MR) is 122 cm³/mol. The highest BCUT2D eigenvalue weighted by molar-refractivity contribution is 14.0. The first-order chi connectivity index (χ1) is 13.5. The lowest BCUT2D eigenvalue weighted by molar-refractivity contribution is 0.318. The number of guanidine groups is 1. The zero-order valence-corrected chi connectivity index (χ0v) is 19.4. The van der Waals surface area contributed by atoms with Crippen molar-refractivity contribution < 1.29 is 8.94 Å². The Kier molecular flexibility index (Phi) is 8.18. The molecule has 3 aromatic rings. The number of aliphatic imine (C=N–C) groups is 1. The van der Waals surface area contributed by atoms with Crippen LogP contribution in [0.4, 0.5) is 0 Å². The third-order valence-corrected chi connectivity index (χ3v) is 3.84. The Balaban J connectivity index is 0.00000300. The lowest BCUT2D eigenvalue weighted by Crippen LogP contribution is -2.37. The fraction of sp³-hybridized carbons (Fsp3) is 0.400. The average molecular weight is 510 g/mol. The number of aromatic nitrogens is 3. The molecule has 2 heterocycles. The van der Waals surface area contributed by atoms with E-state index in [1.54, 1.807) is 6.26 Å². The molecule has 0 unspecified atom stereocenters. The maximum Gasteiger partial charge on any atom is 0.232 e. The van der Waals surface area contributed by atoms with Crippen LogP contribution in [-0.4, -0.2) is 27.6 Å². The molecule has 0 fully saturated rings. The number of hydrogen-bond acceptors (Lipinski definition) is 6. The van der Waals surface area contributed by atoms with E-state index in [-0.39, 0.29) is 29.4 Å². The van der Waals surface area contributed by atoms with Crippen LogP contribution in [0.2, 0.25) is 0 Å². The van der Waals surface area contributed by atoms with Gasteiger partial charge in [-0.15, -0.1) is 24.0 Å². The Bertz CT molecular complexity index is 914. The van der Waals surface area contributed by atoms with Crippen LogP contribution in [0, 0.1) is 0 Å². The fourth-order valence-corrected chi connectivity index (χ4v) is 2.39. The molecule has 8 nitrogen and oxygen atoms in total. The van der Waals surface area contributed by atoms with Crippen LogP contribution in [0.1, 0.15) is 45.1 Å². The first-order valence-corrected chi connectivity index (χ1v) is 9.31. The smallest absolute Gasteiger partial charge is 0.232 e. The number of hydrogen-bond donors (Lipinski definition) is 2. The molecule has 2 N–H and O–H groups in total. The molecular formula is C20H27IN6O2. The number of nitrogens with zero attached hydrogens (tertiary/aromatic N) is 4. The second-order valence-electron chi connectivity index (χ2n) is 7.32. The standard InChI is InChI=1S/C20H26N6O2.HI/c1-5-21-19(23-12-16-25-18(28-26-16)20(2,3)4)22-11-15-13-27-17(24-15)14-9-7-6-8-10-14;/h6-10,13H,5,11-12H2,1-4H3,(H2,21,22,23);1H. The minimum absolute atomic E-state index is 0. The van der Waals surface area contributed by atoms with Crippen LogP contribution < -0.4 is 10.6 Å². The number of rotatable bonds is 6. The van der Waals surface area contributed by atoms with E-state index in [9.17, 15) is 0 Å². The van der Waals surface area contributed by atoms with Crippen molar-refractivity contribution in [1.82, 2.24) is 25.8 Å². The molecule has 29 heavy (non-hydrogen) atoms. The van der Waals surface area contributed by atoms with Gasteiger partial charge in [-0.3, -0.25) is 0 Å². The lowest BCUT2D eigenvalue weighted by Gasteiger charge is -2.10. The van der Waals surface area contributed by atoms with Gasteiger partial charge >= 0.3 is 0 Å². The summed E-state index contributed by atoms with van der Waals surface area (Å²) in [5.41, 5.74) is 1.52. The van der Waals surface area contributed by atoms with Crippen molar-refractivity contribution in [3.05, 3.63) is 54.0 Å². The Morgan fingerprint density at radius 2 is 1.86 bits per heavy atom. The zero-order valence-electron chi connectivity index (χ0n) is 17.1. The van der Waals surface area contributed by atoms with Gasteiger partial charge < -0.3 is 19.6 Å². The van der Waals surface area contributed by atoms with Gasteiger partial charge in [0.1, 0.15) is 12.0 Å². The van der Waals surface area contributed by atoms with Gasteiger partial charge in [-0.1, -0.05) is 44.1 Å². The molecule has 0 atom stereocenters. The highest BCUT2D eigenvalue weighted by Gasteiger charge is 2.21. The first kappa shape index (κ1) is 22.9. The molecule has 1 aromatic carbocycles. The van der Waals surface area contributed by atoms with Gasteiger partial charge in [0.25, 0.3) is 0 Å². The summed E-state index contributed by atoms with van der Waals surface area (Å²) in [4.78, 5) is 13.5. The van der Waals surface area contributed by atoms with E-state index < -0.39 is 0 Å². The lowest BCUT2D eigenvalue weighted by atomic mass is 9.97. The van der Waals surface area contributed by atoms with Crippen molar-refractivity contribution in [3.8, 4) is 11.5 Å². The summed E-state index contributed by atoms with van der Waals surface area (Å²) >= 11 is 0. The average Bonchev–Trinajstić information content (AvgIpc) is 3.34. The minimum Gasteiger partial charge on any atom is -0.444 e. The molecule has 0 amide bonds. The summed E-state index contributed by atoms with van der Waals surface area (Å²) in [5.74, 6) is 2.43. The Hall–Kier alpha value is -2.43. The second-order valence-corrected chi connectivity index (χ2v) is 7.32. The van der Waals surface area contributed by atoms with E-state index in [1.807, 2.05) is 58.0 Å². The molecule has 0 radical (unpaired) electrons. The summed E-state index contributed by atoms with van der Waals surface area (Å²) in [6, 6.07) is 9.78. The number of halogens is 1. The highest BCUT2D eigenvalue weighted by Crippen LogP contribution is 2.20. The van der Waals surface area contributed by atoms with Crippen LogP contribution in [-0.2, 0) is 18.5 Å². The SMILES string of the molecule is CCNC(=NCc1coc(-c2ccccc2)n1)NCc1noc(C(C)(C)C)n1.I. The topological polar surface area (TPSA) is 101 Å². The normalized spacial score (nSPS) is 11.8. The van der Waals surface area contributed by atoms with Gasteiger partial charge in [-0.05, 0) is 19.1 Å². The van der Waals surface area contributed by atoms with Gasteiger partial charge in [-0.25, -0.2) is 9.98 Å². The summed E-state index contributed by atoms with van der Waals surface area (Å²) in [6.07, 6.45) is 1.63. The molecule has 0 aliphatic rings. The van der Waals surface area contributed by atoms with Crippen LogP contribution in [0.5, 0.6) is 0 Å². The van der Waals surface area contributed by atoms with Crippen molar-refractivity contribution in [2.45, 2.75) is 46.2 Å². The van der Waals surface area contributed by atoms with E-state index in [0.717, 1.165) is 17.8 Å². The second kappa shape index (κ2) is 10.4. The predicted octanol–water partition coefficient (Wildman–Crippen LogP) is 3.90. The summed E-state index contributed by atoms with van der Waals surface area (Å²) in [5, 5.41) is 10.4. The Morgan fingerprint density at radius 3 is 2.52 bits per heavy atom. The molecule has 0 aliphatic carbocycles. The molecule has 0 bridgehead atoms. The van der Waals surface area contributed by atoms with E-state index >= 15 is 0 Å². The quantitative estimate of drug-likeness (QED) is 0.295. The molecule has 0 aliphatic heterocycles. The van der Waals surface area contributed by atoms with Crippen LogP contribution in [0.3, 0.4) is 0 Å². The third-order valence-electron chi connectivity index (χ3n) is 3.84. The van der Waals surface area contributed by atoms with Crippen molar-refractivity contribution in [2.24, 2.45) is 4.99 Å². The third kappa shape index (κ3) is 6.55. The molecule has 3 rings (SSSR count). The minimum atomic E-state index is -0.173. The van der Waals surface area contributed by atoms with Crippen molar-refractivity contribution in [1.29, 1.82) is 0 Å². The molecular weight excluding hydrogens is 483 g/mol.